The highest BCUT2D eigenvalue weighted by molar-refractivity contribution is 5.03. The Balaban J connectivity index is 2.45. The third-order valence-electron chi connectivity index (χ3n) is 4.32. The summed E-state index contributed by atoms with van der Waals surface area (Å²) in [6.07, 6.45) is 12.1. The summed E-state index contributed by atoms with van der Waals surface area (Å²) in [5.41, 5.74) is 1.22. The van der Waals surface area contributed by atoms with E-state index < -0.39 is 0 Å². The van der Waals surface area contributed by atoms with E-state index in [-0.39, 0.29) is 0 Å². The first-order valence-corrected chi connectivity index (χ1v) is 8.93. The van der Waals surface area contributed by atoms with Crippen LogP contribution in [0.2, 0.25) is 0 Å². The number of pyridine rings is 1. The highest BCUT2D eigenvalue weighted by atomic mass is 14.9. The summed E-state index contributed by atoms with van der Waals surface area (Å²) < 4.78 is 0. The maximum absolute atomic E-state index is 4.45. The minimum absolute atomic E-state index is 0.647. The summed E-state index contributed by atoms with van der Waals surface area (Å²) >= 11 is 0. The Hall–Kier alpha value is -0.890. The van der Waals surface area contributed by atoms with Crippen molar-refractivity contribution in [1.82, 2.24) is 10.3 Å². The molecule has 0 fully saturated rings. The second-order valence-electron chi connectivity index (χ2n) is 6.16. The average Bonchev–Trinajstić information content (AvgIpc) is 2.54. The van der Waals surface area contributed by atoms with E-state index >= 15 is 0 Å². The van der Waals surface area contributed by atoms with Crippen molar-refractivity contribution in [2.24, 2.45) is 5.92 Å². The van der Waals surface area contributed by atoms with E-state index in [0.717, 1.165) is 18.9 Å². The molecule has 2 unspecified atom stereocenters. The molecule has 0 aromatic carbocycles. The minimum Gasteiger partial charge on any atom is -0.314 e. The molecule has 21 heavy (non-hydrogen) atoms. The zero-order chi connectivity index (χ0) is 15.3. The summed E-state index contributed by atoms with van der Waals surface area (Å²) in [5, 5.41) is 3.75. The minimum atomic E-state index is 0.647. The fraction of sp³-hybridized carbons (Fsp3) is 0.737. The lowest BCUT2D eigenvalue weighted by molar-refractivity contribution is 0.337. The molecule has 1 aromatic heterocycles. The van der Waals surface area contributed by atoms with E-state index in [2.05, 4.69) is 43.2 Å². The fourth-order valence-corrected chi connectivity index (χ4v) is 2.90. The molecule has 1 rings (SSSR count). The molecule has 0 amide bonds. The first-order valence-electron chi connectivity index (χ1n) is 8.93. The predicted octanol–water partition coefficient (Wildman–Crippen LogP) is 4.99. The maximum Gasteiger partial charge on any atom is 0.0404 e. The lowest BCUT2D eigenvalue weighted by Crippen LogP contribution is -2.32. The molecule has 0 radical (unpaired) electrons. The largest absolute Gasteiger partial charge is 0.314 e. The van der Waals surface area contributed by atoms with Crippen LogP contribution in [0.4, 0.5) is 0 Å². The summed E-state index contributed by atoms with van der Waals surface area (Å²) in [6.45, 7) is 8.02. The predicted molar refractivity (Wildman–Crippen MR) is 92.6 cm³/mol. The molecule has 2 heteroatoms. The number of aryl methyl sites for hydroxylation is 1. The van der Waals surface area contributed by atoms with Crippen molar-refractivity contribution in [2.75, 3.05) is 6.54 Å². The highest BCUT2D eigenvalue weighted by Crippen LogP contribution is 2.20. The van der Waals surface area contributed by atoms with Gasteiger partial charge >= 0.3 is 0 Å². The van der Waals surface area contributed by atoms with Crippen LogP contribution in [-0.4, -0.2) is 17.6 Å². The van der Waals surface area contributed by atoms with Gasteiger partial charge in [-0.25, -0.2) is 0 Å². The Labute approximate surface area is 131 Å². The van der Waals surface area contributed by atoms with Crippen LogP contribution in [0.1, 0.15) is 71.4 Å². The van der Waals surface area contributed by atoms with E-state index in [4.69, 9.17) is 0 Å². The molecule has 0 aliphatic carbocycles. The van der Waals surface area contributed by atoms with E-state index in [1.165, 1.54) is 50.6 Å². The Morgan fingerprint density at radius 2 is 1.95 bits per heavy atom. The number of nitrogens with zero attached hydrogens (tertiary/aromatic N) is 1. The average molecular weight is 290 g/mol. The molecule has 0 aliphatic heterocycles. The van der Waals surface area contributed by atoms with Crippen molar-refractivity contribution >= 4 is 0 Å². The van der Waals surface area contributed by atoms with Gasteiger partial charge in [-0.1, -0.05) is 52.5 Å². The molecular formula is C19H34N2. The normalized spacial score (nSPS) is 14.0. The standard InChI is InChI=1S/C19H34N2/c1-4-7-10-17(6-3)16-19(20-14-5-2)13-12-18-11-8-9-15-21-18/h8-9,11,15,17,19-20H,4-7,10,12-14,16H2,1-3H3. The number of unbranched alkanes of at least 4 members (excludes halogenated alkanes) is 1. The first-order chi connectivity index (χ1) is 10.3. The van der Waals surface area contributed by atoms with Crippen molar-refractivity contribution in [1.29, 1.82) is 0 Å². The van der Waals surface area contributed by atoms with Crippen molar-refractivity contribution in [2.45, 2.75) is 78.2 Å². The van der Waals surface area contributed by atoms with E-state index in [9.17, 15) is 0 Å². The zero-order valence-corrected chi connectivity index (χ0v) is 14.3. The van der Waals surface area contributed by atoms with Crippen LogP contribution in [0, 0.1) is 5.92 Å². The molecule has 1 N–H and O–H groups in total. The van der Waals surface area contributed by atoms with Gasteiger partial charge in [0.1, 0.15) is 0 Å². The molecule has 2 nitrogen and oxygen atoms in total. The van der Waals surface area contributed by atoms with Crippen LogP contribution < -0.4 is 5.32 Å². The van der Waals surface area contributed by atoms with Crippen LogP contribution >= 0.6 is 0 Å². The molecule has 0 saturated carbocycles. The summed E-state index contributed by atoms with van der Waals surface area (Å²) in [4.78, 5) is 4.45. The lowest BCUT2D eigenvalue weighted by Gasteiger charge is -2.24. The molecule has 0 spiro atoms. The van der Waals surface area contributed by atoms with Crippen LogP contribution in [-0.2, 0) is 6.42 Å². The van der Waals surface area contributed by atoms with Crippen molar-refractivity contribution in [3.8, 4) is 0 Å². The van der Waals surface area contributed by atoms with Crippen LogP contribution in [0.25, 0.3) is 0 Å². The smallest absolute Gasteiger partial charge is 0.0404 e. The van der Waals surface area contributed by atoms with Gasteiger partial charge < -0.3 is 5.32 Å². The number of rotatable bonds is 12. The Morgan fingerprint density at radius 1 is 1.10 bits per heavy atom. The van der Waals surface area contributed by atoms with Gasteiger partial charge in [0.05, 0.1) is 0 Å². The van der Waals surface area contributed by atoms with Gasteiger partial charge in [0.15, 0.2) is 0 Å². The van der Waals surface area contributed by atoms with E-state index in [1.54, 1.807) is 0 Å². The van der Waals surface area contributed by atoms with Crippen LogP contribution in [0.3, 0.4) is 0 Å². The fourth-order valence-electron chi connectivity index (χ4n) is 2.90. The zero-order valence-electron chi connectivity index (χ0n) is 14.3. The quantitative estimate of drug-likeness (QED) is 0.586. The molecule has 0 aliphatic rings. The molecule has 1 heterocycles. The van der Waals surface area contributed by atoms with Crippen molar-refractivity contribution in [3.63, 3.8) is 0 Å². The van der Waals surface area contributed by atoms with Crippen LogP contribution in [0.5, 0.6) is 0 Å². The van der Waals surface area contributed by atoms with Gasteiger partial charge in [-0.05, 0) is 50.3 Å². The molecule has 0 saturated heterocycles. The second kappa shape index (κ2) is 11.7. The Morgan fingerprint density at radius 3 is 2.57 bits per heavy atom. The van der Waals surface area contributed by atoms with Gasteiger partial charge in [-0.15, -0.1) is 0 Å². The number of nitrogens with one attached hydrogen (secondary N) is 1. The van der Waals surface area contributed by atoms with Crippen LogP contribution in [0.15, 0.2) is 24.4 Å². The van der Waals surface area contributed by atoms with Crippen molar-refractivity contribution in [3.05, 3.63) is 30.1 Å². The van der Waals surface area contributed by atoms with Gasteiger partial charge in [-0.3, -0.25) is 4.98 Å². The number of aromatic nitrogens is 1. The van der Waals surface area contributed by atoms with E-state index in [1.807, 2.05) is 12.3 Å². The summed E-state index contributed by atoms with van der Waals surface area (Å²) in [7, 11) is 0. The van der Waals surface area contributed by atoms with Gasteiger partial charge in [0.25, 0.3) is 0 Å². The van der Waals surface area contributed by atoms with E-state index in [0.29, 0.717) is 6.04 Å². The molecule has 120 valence electrons. The Bertz CT molecular complexity index is 337. The highest BCUT2D eigenvalue weighted by Gasteiger charge is 2.14. The topological polar surface area (TPSA) is 24.9 Å². The number of hydrogen-bond donors (Lipinski definition) is 1. The monoisotopic (exact) mass is 290 g/mol. The second-order valence-corrected chi connectivity index (χ2v) is 6.16. The third kappa shape index (κ3) is 8.21. The molecular weight excluding hydrogens is 256 g/mol. The molecule has 2 atom stereocenters. The number of hydrogen-bond acceptors (Lipinski definition) is 2. The van der Waals surface area contributed by atoms with Gasteiger partial charge in [0, 0.05) is 17.9 Å². The maximum atomic E-state index is 4.45. The summed E-state index contributed by atoms with van der Waals surface area (Å²) in [6, 6.07) is 6.88. The molecule has 1 aromatic rings. The van der Waals surface area contributed by atoms with Gasteiger partial charge in [0.2, 0.25) is 0 Å². The Kier molecular flexibility index (Phi) is 10.1. The first kappa shape index (κ1) is 18.2. The summed E-state index contributed by atoms with van der Waals surface area (Å²) in [5.74, 6) is 0.878. The van der Waals surface area contributed by atoms with Crippen molar-refractivity contribution < 1.29 is 0 Å². The SMILES string of the molecule is CCCCC(CC)CC(CCc1ccccn1)NCCC. The van der Waals surface area contributed by atoms with Gasteiger partial charge in [-0.2, -0.15) is 0 Å². The third-order valence-corrected chi connectivity index (χ3v) is 4.32. The molecule has 0 bridgehead atoms. The lowest BCUT2D eigenvalue weighted by atomic mass is 9.90.